The van der Waals surface area contributed by atoms with E-state index in [9.17, 15) is 9.18 Å². The average molecular weight is 290 g/mol. The van der Waals surface area contributed by atoms with Gasteiger partial charge in [-0.2, -0.15) is 5.26 Å². The first-order valence-electron chi connectivity index (χ1n) is 5.62. The molecule has 6 heteroatoms. The van der Waals surface area contributed by atoms with Crippen LogP contribution in [0.3, 0.4) is 0 Å². The normalized spacial score (nSPS) is 9.65. The van der Waals surface area contributed by atoms with Gasteiger partial charge in [-0.1, -0.05) is 23.7 Å². The summed E-state index contributed by atoms with van der Waals surface area (Å²) >= 11 is 5.91. The maximum Gasteiger partial charge on any atom is 0.323 e. The van der Waals surface area contributed by atoms with Gasteiger partial charge in [0.25, 0.3) is 0 Å². The Bertz CT molecular complexity index is 697. The first-order valence-corrected chi connectivity index (χ1v) is 6.00. The van der Waals surface area contributed by atoms with Crippen LogP contribution >= 0.6 is 11.6 Å². The van der Waals surface area contributed by atoms with Crippen LogP contribution in [0.5, 0.6) is 0 Å². The maximum atomic E-state index is 13.4. The number of benzene rings is 2. The largest absolute Gasteiger partial charge is 0.323 e. The second-order valence-corrected chi connectivity index (χ2v) is 4.27. The second kappa shape index (κ2) is 6.04. The van der Waals surface area contributed by atoms with Gasteiger partial charge in [0, 0.05) is 0 Å². The molecule has 0 spiro atoms. The van der Waals surface area contributed by atoms with Gasteiger partial charge >= 0.3 is 6.03 Å². The monoisotopic (exact) mass is 289 g/mol. The van der Waals surface area contributed by atoms with Crippen molar-refractivity contribution in [3.63, 3.8) is 0 Å². The zero-order chi connectivity index (χ0) is 14.5. The zero-order valence-corrected chi connectivity index (χ0v) is 10.9. The van der Waals surface area contributed by atoms with E-state index < -0.39 is 11.8 Å². The Morgan fingerprint density at radius 2 is 1.85 bits per heavy atom. The number of nitrogens with one attached hydrogen (secondary N) is 2. The fourth-order valence-corrected chi connectivity index (χ4v) is 1.69. The Balaban J connectivity index is 2.13. The molecule has 2 N–H and O–H groups in total. The van der Waals surface area contributed by atoms with Crippen molar-refractivity contribution < 1.29 is 9.18 Å². The molecule has 20 heavy (non-hydrogen) atoms. The fraction of sp³-hybridized carbons (Fsp3) is 0. The lowest BCUT2D eigenvalue weighted by Gasteiger charge is -2.09. The number of para-hydroxylation sites is 1. The van der Waals surface area contributed by atoms with Crippen molar-refractivity contribution >= 4 is 29.0 Å². The number of amides is 2. The van der Waals surface area contributed by atoms with Crippen molar-refractivity contribution in [2.24, 2.45) is 0 Å². The molecular weight excluding hydrogens is 281 g/mol. The van der Waals surface area contributed by atoms with E-state index in [-0.39, 0.29) is 16.4 Å². The number of urea groups is 1. The SMILES string of the molecule is N#Cc1ccc(Cl)c(NC(=O)Nc2ccccc2F)c1. The molecule has 2 amide bonds. The quantitative estimate of drug-likeness (QED) is 0.878. The maximum absolute atomic E-state index is 13.4. The number of rotatable bonds is 2. The van der Waals surface area contributed by atoms with Gasteiger partial charge < -0.3 is 10.6 Å². The third-order valence-electron chi connectivity index (χ3n) is 2.47. The van der Waals surface area contributed by atoms with Crippen LogP contribution in [0.25, 0.3) is 0 Å². The van der Waals surface area contributed by atoms with Gasteiger partial charge in [-0.15, -0.1) is 0 Å². The standard InChI is InChI=1S/C14H9ClFN3O/c15-10-6-5-9(8-17)7-13(10)19-14(20)18-12-4-2-1-3-11(12)16/h1-7H,(H2,18,19,20). The topological polar surface area (TPSA) is 64.9 Å². The van der Waals surface area contributed by atoms with Crippen LogP contribution < -0.4 is 10.6 Å². The highest BCUT2D eigenvalue weighted by atomic mass is 35.5. The lowest BCUT2D eigenvalue weighted by molar-refractivity contribution is 0.262. The molecule has 0 radical (unpaired) electrons. The minimum absolute atomic E-state index is 0.0533. The van der Waals surface area contributed by atoms with Crippen molar-refractivity contribution in [2.75, 3.05) is 10.6 Å². The number of nitrogens with zero attached hydrogens (tertiary/aromatic N) is 1. The van der Waals surface area contributed by atoms with Crippen LogP contribution in [0.4, 0.5) is 20.6 Å². The van der Waals surface area contributed by atoms with Crippen LogP contribution in [0.1, 0.15) is 5.56 Å². The molecule has 0 atom stereocenters. The Morgan fingerprint density at radius 3 is 2.55 bits per heavy atom. The molecule has 4 nitrogen and oxygen atoms in total. The predicted octanol–water partition coefficient (Wildman–Crippen LogP) is 3.99. The van der Waals surface area contributed by atoms with E-state index >= 15 is 0 Å². The summed E-state index contributed by atoms with van der Waals surface area (Å²) in [5.41, 5.74) is 0.688. The lowest BCUT2D eigenvalue weighted by Crippen LogP contribution is -2.20. The summed E-state index contributed by atoms with van der Waals surface area (Å²) in [6.07, 6.45) is 0. The first-order chi connectivity index (χ1) is 9.60. The molecular formula is C14H9ClFN3O. The molecule has 0 saturated heterocycles. The van der Waals surface area contributed by atoms with E-state index in [1.807, 2.05) is 6.07 Å². The summed E-state index contributed by atoms with van der Waals surface area (Å²) in [5, 5.41) is 13.9. The fourth-order valence-electron chi connectivity index (χ4n) is 1.53. The minimum atomic E-state index is -0.646. The van der Waals surface area contributed by atoms with Gasteiger partial charge in [-0.05, 0) is 30.3 Å². The predicted molar refractivity (Wildman–Crippen MR) is 75.2 cm³/mol. The number of nitriles is 1. The van der Waals surface area contributed by atoms with Crippen LogP contribution in [0, 0.1) is 17.1 Å². The highest BCUT2D eigenvalue weighted by Crippen LogP contribution is 2.23. The third-order valence-corrected chi connectivity index (χ3v) is 2.80. The highest BCUT2D eigenvalue weighted by Gasteiger charge is 2.09. The van der Waals surface area contributed by atoms with E-state index in [4.69, 9.17) is 16.9 Å². The summed E-state index contributed by atoms with van der Waals surface area (Å²) in [6, 6.07) is 11.5. The van der Waals surface area contributed by atoms with E-state index in [0.29, 0.717) is 5.56 Å². The lowest BCUT2D eigenvalue weighted by atomic mass is 10.2. The van der Waals surface area contributed by atoms with Crippen molar-refractivity contribution in [3.8, 4) is 6.07 Å². The molecule has 0 saturated carbocycles. The Hall–Kier alpha value is -2.58. The average Bonchev–Trinajstić information content (AvgIpc) is 2.44. The number of halogens is 2. The zero-order valence-electron chi connectivity index (χ0n) is 10.2. The van der Waals surface area contributed by atoms with Crippen molar-refractivity contribution in [2.45, 2.75) is 0 Å². The van der Waals surface area contributed by atoms with E-state index in [1.54, 1.807) is 6.07 Å². The Labute approximate surface area is 119 Å². The van der Waals surface area contributed by atoms with Crippen LogP contribution in [0.2, 0.25) is 5.02 Å². The molecule has 0 aliphatic carbocycles. The van der Waals surface area contributed by atoms with Gasteiger partial charge in [0.1, 0.15) is 5.82 Å². The molecule has 0 aromatic heterocycles. The summed E-state index contributed by atoms with van der Waals surface area (Å²) in [6.45, 7) is 0. The molecule has 2 aromatic carbocycles. The first kappa shape index (κ1) is 13.8. The number of carbonyl (C=O) groups is 1. The van der Waals surface area contributed by atoms with Crippen LogP contribution in [0.15, 0.2) is 42.5 Å². The van der Waals surface area contributed by atoms with Crippen molar-refractivity contribution in [3.05, 3.63) is 58.9 Å². The Kier molecular flexibility index (Phi) is 4.18. The molecule has 2 rings (SSSR count). The third kappa shape index (κ3) is 3.25. The molecule has 0 aliphatic rings. The molecule has 0 aliphatic heterocycles. The van der Waals surface area contributed by atoms with Crippen LogP contribution in [-0.4, -0.2) is 6.03 Å². The molecule has 100 valence electrons. The summed E-state index contributed by atoms with van der Waals surface area (Å²) in [7, 11) is 0. The number of hydrogen-bond donors (Lipinski definition) is 2. The molecule has 0 bridgehead atoms. The summed E-state index contributed by atoms with van der Waals surface area (Å²) in [4.78, 5) is 11.8. The summed E-state index contributed by atoms with van der Waals surface area (Å²) in [5.74, 6) is -0.542. The smallest absolute Gasteiger partial charge is 0.306 e. The van der Waals surface area contributed by atoms with Gasteiger partial charge in [-0.25, -0.2) is 9.18 Å². The Morgan fingerprint density at radius 1 is 1.15 bits per heavy atom. The van der Waals surface area contributed by atoms with Crippen LogP contribution in [-0.2, 0) is 0 Å². The number of anilines is 2. The van der Waals surface area contributed by atoms with Gasteiger partial charge in [0.05, 0.1) is 28.0 Å². The molecule has 0 heterocycles. The molecule has 0 fully saturated rings. The van der Waals surface area contributed by atoms with Gasteiger partial charge in [-0.3, -0.25) is 0 Å². The molecule has 0 unspecified atom stereocenters. The van der Waals surface area contributed by atoms with E-state index in [0.717, 1.165) is 0 Å². The molecule has 2 aromatic rings. The number of carbonyl (C=O) groups excluding carboxylic acids is 1. The van der Waals surface area contributed by atoms with Gasteiger partial charge in [0.2, 0.25) is 0 Å². The highest BCUT2D eigenvalue weighted by molar-refractivity contribution is 6.33. The van der Waals surface area contributed by atoms with E-state index in [2.05, 4.69) is 10.6 Å². The van der Waals surface area contributed by atoms with Crippen molar-refractivity contribution in [1.82, 2.24) is 0 Å². The number of hydrogen-bond acceptors (Lipinski definition) is 2. The van der Waals surface area contributed by atoms with Gasteiger partial charge in [0.15, 0.2) is 0 Å². The van der Waals surface area contributed by atoms with E-state index in [1.165, 1.54) is 36.4 Å². The van der Waals surface area contributed by atoms with Crippen molar-refractivity contribution in [1.29, 1.82) is 5.26 Å². The summed E-state index contributed by atoms with van der Waals surface area (Å²) < 4.78 is 13.4. The minimum Gasteiger partial charge on any atom is -0.306 e. The second-order valence-electron chi connectivity index (χ2n) is 3.87.